The van der Waals surface area contributed by atoms with E-state index in [0.29, 0.717) is 22.9 Å². The first-order valence-electron chi connectivity index (χ1n) is 11.4. The van der Waals surface area contributed by atoms with Crippen LogP contribution < -0.4 is 10.2 Å². The number of benzene rings is 2. The summed E-state index contributed by atoms with van der Waals surface area (Å²) in [4.78, 5) is 30.2. The van der Waals surface area contributed by atoms with E-state index < -0.39 is 0 Å². The lowest BCUT2D eigenvalue weighted by Crippen LogP contribution is -2.48. The molecule has 33 heavy (non-hydrogen) atoms. The van der Waals surface area contributed by atoms with E-state index in [2.05, 4.69) is 63.2 Å². The molecule has 7 nitrogen and oxygen atoms in total. The Morgan fingerprint density at radius 1 is 1.00 bits per heavy atom. The third-order valence-corrected chi connectivity index (χ3v) is 6.19. The smallest absolute Gasteiger partial charge is 0.259 e. The maximum absolute atomic E-state index is 12.9. The van der Waals surface area contributed by atoms with Crippen molar-refractivity contribution in [1.82, 2.24) is 19.9 Å². The second-order valence-corrected chi connectivity index (χ2v) is 8.62. The van der Waals surface area contributed by atoms with E-state index in [0.717, 1.165) is 43.1 Å². The monoisotopic (exact) mass is 440 g/mol. The normalized spacial score (nSPS) is 14.7. The standard InChI is InChI=1S/C26H28N6O/c1-18(2)31-13-15-32(16-14-31)20-8-5-7-19(17-20)25-28-22-10-6-9-21(24(22)30-25)26(33)29-23-11-3-4-12-27-23/h3-12,17-18H,13-16H2,1-2H3,(H,28,30)(H,27,29,33). The lowest BCUT2D eigenvalue weighted by molar-refractivity contribution is 0.102. The number of hydrogen-bond acceptors (Lipinski definition) is 5. The van der Waals surface area contributed by atoms with Gasteiger partial charge < -0.3 is 15.2 Å². The number of carbonyl (C=O) groups is 1. The van der Waals surface area contributed by atoms with E-state index in [1.165, 1.54) is 5.69 Å². The molecule has 0 bridgehead atoms. The molecule has 1 aliphatic rings. The molecule has 1 fully saturated rings. The van der Waals surface area contributed by atoms with Crippen molar-refractivity contribution in [2.24, 2.45) is 0 Å². The lowest BCUT2D eigenvalue weighted by Gasteiger charge is -2.38. The van der Waals surface area contributed by atoms with Gasteiger partial charge in [-0.3, -0.25) is 9.69 Å². The molecule has 7 heteroatoms. The van der Waals surface area contributed by atoms with E-state index in [4.69, 9.17) is 4.98 Å². The Morgan fingerprint density at radius 2 is 1.82 bits per heavy atom. The van der Waals surface area contributed by atoms with Crippen molar-refractivity contribution in [2.75, 3.05) is 36.4 Å². The SMILES string of the molecule is CC(C)N1CCN(c2cccc(-c3nc4c(C(=O)Nc5ccccn5)cccc4[nH]3)c2)CC1. The lowest BCUT2D eigenvalue weighted by atomic mass is 10.1. The fourth-order valence-electron chi connectivity index (χ4n) is 4.32. The van der Waals surface area contributed by atoms with Crippen LogP contribution in [0, 0.1) is 0 Å². The second kappa shape index (κ2) is 9.03. The largest absolute Gasteiger partial charge is 0.369 e. The molecule has 1 aliphatic heterocycles. The third-order valence-electron chi connectivity index (χ3n) is 6.19. The van der Waals surface area contributed by atoms with Crippen LogP contribution in [0.1, 0.15) is 24.2 Å². The number of amides is 1. The summed E-state index contributed by atoms with van der Waals surface area (Å²) in [5.74, 6) is 1.04. The summed E-state index contributed by atoms with van der Waals surface area (Å²) < 4.78 is 0. The van der Waals surface area contributed by atoms with Gasteiger partial charge in [-0.05, 0) is 50.2 Å². The summed E-state index contributed by atoms with van der Waals surface area (Å²) >= 11 is 0. The Bertz CT molecular complexity index is 1260. The third kappa shape index (κ3) is 4.45. The van der Waals surface area contributed by atoms with E-state index in [9.17, 15) is 4.79 Å². The highest BCUT2D eigenvalue weighted by atomic mass is 16.1. The first-order valence-corrected chi connectivity index (χ1v) is 11.4. The summed E-state index contributed by atoms with van der Waals surface area (Å²) in [6, 6.07) is 20.1. The van der Waals surface area contributed by atoms with Crippen LogP contribution in [0.2, 0.25) is 0 Å². The van der Waals surface area contributed by atoms with Crippen molar-refractivity contribution in [1.29, 1.82) is 0 Å². The molecule has 168 valence electrons. The molecule has 1 amide bonds. The fourth-order valence-corrected chi connectivity index (χ4v) is 4.32. The zero-order valence-corrected chi connectivity index (χ0v) is 19.0. The van der Waals surface area contributed by atoms with Crippen molar-refractivity contribution in [3.63, 3.8) is 0 Å². The van der Waals surface area contributed by atoms with Crippen LogP contribution in [0.3, 0.4) is 0 Å². The zero-order chi connectivity index (χ0) is 22.8. The van der Waals surface area contributed by atoms with Gasteiger partial charge in [0.1, 0.15) is 17.2 Å². The maximum Gasteiger partial charge on any atom is 0.259 e. The number of para-hydroxylation sites is 1. The molecule has 1 saturated heterocycles. The Hall–Kier alpha value is -3.71. The highest BCUT2D eigenvalue weighted by molar-refractivity contribution is 6.11. The molecule has 0 unspecified atom stereocenters. The molecule has 4 aromatic rings. The van der Waals surface area contributed by atoms with Gasteiger partial charge in [0.05, 0.1) is 11.1 Å². The van der Waals surface area contributed by atoms with Gasteiger partial charge >= 0.3 is 0 Å². The van der Waals surface area contributed by atoms with Gasteiger partial charge in [0.2, 0.25) is 0 Å². The van der Waals surface area contributed by atoms with Crippen LogP contribution in [-0.2, 0) is 0 Å². The average Bonchev–Trinajstić information content (AvgIpc) is 3.29. The summed E-state index contributed by atoms with van der Waals surface area (Å²) in [5.41, 5.74) is 4.20. The van der Waals surface area contributed by atoms with Gasteiger partial charge in [0.25, 0.3) is 5.91 Å². The topological polar surface area (TPSA) is 77.2 Å². The van der Waals surface area contributed by atoms with Crippen LogP contribution in [0.15, 0.2) is 66.9 Å². The van der Waals surface area contributed by atoms with Crippen LogP contribution in [0.5, 0.6) is 0 Å². The van der Waals surface area contributed by atoms with E-state index >= 15 is 0 Å². The summed E-state index contributed by atoms with van der Waals surface area (Å²) in [5, 5.41) is 2.85. The number of imidazole rings is 1. The molecule has 0 radical (unpaired) electrons. The Balaban J connectivity index is 1.40. The minimum atomic E-state index is -0.228. The Labute approximate surface area is 193 Å². The summed E-state index contributed by atoms with van der Waals surface area (Å²) in [7, 11) is 0. The van der Waals surface area contributed by atoms with E-state index in [1.54, 1.807) is 18.3 Å². The minimum Gasteiger partial charge on any atom is -0.369 e. The van der Waals surface area contributed by atoms with Gasteiger partial charge in [-0.25, -0.2) is 9.97 Å². The maximum atomic E-state index is 12.9. The number of pyridine rings is 1. The van der Waals surface area contributed by atoms with Gasteiger partial charge in [-0.1, -0.05) is 24.3 Å². The number of carbonyl (C=O) groups excluding carboxylic acids is 1. The summed E-state index contributed by atoms with van der Waals surface area (Å²) in [6.07, 6.45) is 1.65. The van der Waals surface area contributed by atoms with Crippen molar-refractivity contribution >= 4 is 28.4 Å². The number of aromatic amines is 1. The van der Waals surface area contributed by atoms with E-state index in [1.807, 2.05) is 24.3 Å². The number of rotatable bonds is 5. The van der Waals surface area contributed by atoms with Gasteiger partial charge in [-0.15, -0.1) is 0 Å². The quantitative estimate of drug-likeness (QED) is 0.481. The van der Waals surface area contributed by atoms with Gasteiger partial charge in [0, 0.05) is 49.7 Å². The van der Waals surface area contributed by atoms with Gasteiger partial charge in [-0.2, -0.15) is 0 Å². The average molecular weight is 441 g/mol. The number of piperazine rings is 1. The Morgan fingerprint density at radius 3 is 2.58 bits per heavy atom. The number of fused-ring (bicyclic) bond motifs is 1. The molecule has 0 saturated carbocycles. The van der Waals surface area contributed by atoms with Crippen molar-refractivity contribution in [2.45, 2.75) is 19.9 Å². The number of aromatic nitrogens is 3. The predicted octanol–water partition coefficient (Wildman–Crippen LogP) is 4.41. The molecule has 5 rings (SSSR count). The van der Waals surface area contributed by atoms with Gasteiger partial charge in [0.15, 0.2) is 0 Å². The molecule has 2 N–H and O–H groups in total. The molecule has 2 aromatic carbocycles. The number of H-pyrrole nitrogens is 1. The zero-order valence-electron chi connectivity index (χ0n) is 19.0. The predicted molar refractivity (Wildman–Crippen MR) is 133 cm³/mol. The molecule has 3 heterocycles. The van der Waals surface area contributed by atoms with Crippen molar-refractivity contribution in [3.8, 4) is 11.4 Å². The minimum absolute atomic E-state index is 0.228. The first kappa shape index (κ1) is 21.2. The number of nitrogens with one attached hydrogen (secondary N) is 2. The van der Waals surface area contributed by atoms with Crippen LogP contribution in [0.25, 0.3) is 22.4 Å². The second-order valence-electron chi connectivity index (χ2n) is 8.62. The first-order chi connectivity index (χ1) is 16.1. The molecule has 0 atom stereocenters. The Kier molecular flexibility index (Phi) is 5.79. The fraction of sp³-hybridized carbons (Fsp3) is 0.269. The van der Waals surface area contributed by atoms with Crippen LogP contribution in [-0.4, -0.2) is 58.0 Å². The highest BCUT2D eigenvalue weighted by Gasteiger charge is 2.20. The van der Waals surface area contributed by atoms with Crippen molar-refractivity contribution < 1.29 is 4.79 Å². The molecular weight excluding hydrogens is 412 g/mol. The number of anilines is 2. The molecular formula is C26H28N6O. The molecule has 0 spiro atoms. The van der Waals surface area contributed by atoms with Crippen LogP contribution >= 0.6 is 0 Å². The number of hydrogen-bond donors (Lipinski definition) is 2. The summed E-state index contributed by atoms with van der Waals surface area (Å²) in [6.45, 7) is 8.67. The van der Waals surface area contributed by atoms with E-state index in [-0.39, 0.29) is 5.91 Å². The molecule has 0 aliphatic carbocycles. The van der Waals surface area contributed by atoms with Crippen LogP contribution in [0.4, 0.5) is 11.5 Å². The molecule has 2 aromatic heterocycles. The highest BCUT2D eigenvalue weighted by Crippen LogP contribution is 2.27. The van der Waals surface area contributed by atoms with Crippen molar-refractivity contribution in [3.05, 3.63) is 72.4 Å². The number of nitrogens with zero attached hydrogens (tertiary/aromatic N) is 4.